The first-order valence-electron chi connectivity index (χ1n) is 9.33. The Morgan fingerprint density at radius 3 is 2.39 bits per heavy atom. The summed E-state index contributed by atoms with van der Waals surface area (Å²) in [7, 11) is 1.59. The van der Waals surface area contributed by atoms with Crippen molar-refractivity contribution in [3.05, 3.63) is 99.3 Å². The van der Waals surface area contributed by atoms with Crippen LogP contribution in [0.25, 0.3) is 0 Å². The molecule has 0 saturated carbocycles. The van der Waals surface area contributed by atoms with Gasteiger partial charge in [-0.25, -0.2) is 4.79 Å². The lowest BCUT2D eigenvalue weighted by Crippen LogP contribution is -2.21. The van der Waals surface area contributed by atoms with E-state index in [9.17, 15) is 10.1 Å². The Morgan fingerprint density at radius 2 is 1.74 bits per heavy atom. The van der Waals surface area contributed by atoms with E-state index in [2.05, 4.69) is 22.0 Å². The molecule has 1 aliphatic rings. The van der Waals surface area contributed by atoms with Crippen molar-refractivity contribution < 1.29 is 19.0 Å². The minimum absolute atomic E-state index is 0.0206. The van der Waals surface area contributed by atoms with E-state index in [1.807, 2.05) is 24.3 Å². The normalized spacial score (nSPS) is 14.8. The topological polar surface area (TPSA) is 94.6 Å². The summed E-state index contributed by atoms with van der Waals surface area (Å²) in [5.74, 6) is 0.577. The van der Waals surface area contributed by atoms with Crippen molar-refractivity contribution in [3.8, 4) is 23.3 Å². The van der Waals surface area contributed by atoms with Gasteiger partial charge in [-0.05, 0) is 48.0 Å². The summed E-state index contributed by atoms with van der Waals surface area (Å²) in [5, 5.41) is 9.67. The van der Waals surface area contributed by atoms with E-state index in [0.29, 0.717) is 28.4 Å². The SMILES string of the molecule is COc1ccc(C2C(C#N)=C(N)Oc3cc(OC(=O)c4ccc(Br)cc4)ccc32)cc1. The minimum Gasteiger partial charge on any atom is -0.497 e. The van der Waals surface area contributed by atoms with Crippen LogP contribution in [0.4, 0.5) is 0 Å². The van der Waals surface area contributed by atoms with Gasteiger partial charge in [0.2, 0.25) is 5.88 Å². The lowest BCUT2D eigenvalue weighted by atomic mass is 9.83. The number of nitriles is 1. The molecule has 6 nitrogen and oxygen atoms in total. The lowest BCUT2D eigenvalue weighted by Gasteiger charge is -2.26. The Hall–Kier alpha value is -3.76. The quantitative estimate of drug-likeness (QED) is 0.425. The second kappa shape index (κ2) is 8.54. The van der Waals surface area contributed by atoms with Crippen LogP contribution in [0, 0.1) is 11.3 Å². The van der Waals surface area contributed by atoms with Crippen molar-refractivity contribution in [2.24, 2.45) is 5.73 Å². The number of carbonyl (C=O) groups excluding carboxylic acids is 1. The van der Waals surface area contributed by atoms with Crippen LogP contribution in [0.15, 0.2) is 82.7 Å². The van der Waals surface area contributed by atoms with E-state index >= 15 is 0 Å². The molecular weight excluding hydrogens is 460 g/mol. The van der Waals surface area contributed by atoms with Gasteiger partial charge in [-0.3, -0.25) is 0 Å². The highest BCUT2D eigenvalue weighted by molar-refractivity contribution is 9.10. The number of methoxy groups -OCH3 is 1. The minimum atomic E-state index is -0.490. The van der Waals surface area contributed by atoms with E-state index in [1.165, 1.54) is 0 Å². The van der Waals surface area contributed by atoms with Crippen molar-refractivity contribution in [2.75, 3.05) is 7.11 Å². The van der Waals surface area contributed by atoms with Gasteiger partial charge in [0.05, 0.1) is 18.6 Å². The highest BCUT2D eigenvalue weighted by Crippen LogP contribution is 2.43. The molecule has 7 heteroatoms. The summed E-state index contributed by atoms with van der Waals surface area (Å²) >= 11 is 3.34. The molecule has 3 aromatic rings. The first-order chi connectivity index (χ1) is 15.0. The fraction of sp³-hybridized carbons (Fsp3) is 0.0833. The van der Waals surface area contributed by atoms with Crippen LogP contribution in [0.3, 0.4) is 0 Å². The van der Waals surface area contributed by atoms with Gasteiger partial charge in [-0.15, -0.1) is 0 Å². The first kappa shape index (κ1) is 20.5. The van der Waals surface area contributed by atoms with Gasteiger partial charge in [0, 0.05) is 16.1 Å². The van der Waals surface area contributed by atoms with Gasteiger partial charge >= 0.3 is 5.97 Å². The van der Waals surface area contributed by atoms with E-state index in [4.69, 9.17) is 19.9 Å². The number of hydrogen-bond acceptors (Lipinski definition) is 6. The zero-order chi connectivity index (χ0) is 22.0. The largest absolute Gasteiger partial charge is 0.497 e. The van der Waals surface area contributed by atoms with E-state index in [1.54, 1.807) is 49.6 Å². The maximum atomic E-state index is 12.4. The molecule has 0 radical (unpaired) electrons. The number of ether oxygens (including phenoxy) is 3. The van der Waals surface area contributed by atoms with Gasteiger partial charge in [-0.2, -0.15) is 5.26 Å². The van der Waals surface area contributed by atoms with Crippen LogP contribution in [0.5, 0.6) is 17.2 Å². The molecule has 2 N–H and O–H groups in total. The third-order valence-electron chi connectivity index (χ3n) is 4.93. The van der Waals surface area contributed by atoms with Crippen molar-refractivity contribution in [1.82, 2.24) is 0 Å². The molecule has 0 aliphatic carbocycles. The number of rotatable bonds is 4. The number of halogens is 1. The summed E-state index contributed by atoms with van der Waals surface area (Å²) in [4.78, 5) is 12.4. The molecule has 31 heavy (non-hydrogen) atoms. The summed E-state index contributed by atoms with van der Waals surface area (Å²) in [6.07, 6.45) is 0. The number of esters is 1. The van der Waals surface area contributed by atoms with Gasteiger partial charge in [-0.1, -0.05) is 34.1 Å². The van der Waals surface area contributed by atoms with Crippen LogP contribution in [0.1, 0.15) is 27.4 Å². The molecule has 0 aromatic heterocycles. The Kier molecular flexibility index (Phi) is 5.65. The van der Waals surface area contributed by atoms with Crippen LogP contribution in [-0.2, 0) is 0 Å². The maximum absolute atomic E-state index is 12.4. The number of fused-ring (bicyclic) bond motifs is 1. The van der Waals surface area contributed by atoms with E-state index < -0.39 is 11.9 Å². The zero-order valence-corrected chi connectivity index (χ0v) is 18.0. The predicted molar refractivity (Wildman–Crippen MR) is 118 cm³/mol. The fourth-order valence-electron chi connectivity index (χ4n) is 3.39. The second-order valence-electron chi connectivity index (χ2n) is 6.79. The van der Waals surface area contributed by atoms with Crippen molar-refractivity contribution in [2.45, 2.75) is 5.92 Å². The fourth-order valence-corrected chi connectivity index (χ4v) is 3.65. The molecule has 0 bridgehead atoms. The number of benzene rings is 3. The zero-order valence-electron chi connectivity index (χ0n) is 16.5. The molecule has 4 rings (SSSR count). The average molecular weight is 477 g/mol. The molecule has 1 heterocycles. The Labute approximate surface area is 187 Å². The molecule has 1 unspecified atom stereocenters. The van der Waals surface area contributed by atoms with Gasteiger partial charge in [0.1, 0.15) is 28.9 Å². The van der Waals surface area contributed by atoms with Crippen molar-refractivity contribution >= 4 is 21.9 Å². The number of hydrogen-bond donors (Lipinski definition) is 1. The highest BCUT2D eigenvalue weighted by Gasteiger charge is 2.31. The third-order valence-corrected chi connectivity index (χ3v) is 5.46. The molecule has 3 aromatic carbocycles. The summed E-state index contributed by atoms with van der Waals surface area (Å²) in [6, 6.07) is 21.5. The molecule has 0 saturated heterocycles. The summed E-state index contributed by atoms with van der Waals surface area (Å²) < 4.78 is 17.3. The van der Waals surface area contributed by atoms with Crippen LogP contribution < -0.4 is 19.9 Å². The Balaban J connectivity index is 1.67. The number of carbonyl (C=O) groups is 1. The van der Waals surface area contributed by atoms with E-state index in [0.717, 1.165) is 15.6 Å². The smallest absolute Gasteiger partial charge is 0.343 e. The second-order valence-corrected chi connectivity index (χ2v) is 7.71. The standard InChI is InChI=1S/C24H17BrN2O4/c1-29-17-8-4-14(5-9-17)22-19-11-10-18(12-21(19)31-23(27)20(22)13-26)30-24(28)15-2-6-16(25)7-3-15/h2-12,22H,27H2,1H3. The third kappa shape index (κ3) is 4.11. The molecular formula is C24H17BrN2O4. The summed E-state index contributed by atoms with van der Waals surface area (Å²) in [6.45, 7) is 0. The average Bonchev–Trinajstić information content (AvgIpc) is 2.78. The number of nitrogens with two attached hydrogens (primary N) is 1. The molecule has 0 spiro atoms. The van der Waals surface area contributed by atoms with Gasteiger partial charge in [0.15, 0.2) is 0 Å². The van der Waals surface area contributed by atoms with Crippen LogP contribution in [0.2, 0.25) is 0 Å². The first-order valence-corrected chi connectivity index (χ1v) is 10.1. The predicted octanol–water partition coefficient (Wildman–Crippen LogP) is 4.90. The number of nitrogens with zero attached hydrogens (tertiary/aromatic N) is 1. The molecule has 1 atom stereocenters. The van der Waals surface area contributed by atoms with E-state index in [-0.39, 0.29) is 5.88 Å². The molecule has 0 fully saturated rings. The monoisotopic (exact) mass is 476 g/mol. The lowest BCUT2D eigenvalue weighted by molar-refractivity contribution is 0.0734. The molecule has 0 amide bonds. The maximum Gasteiger partial charge on any atom is 0.343 e. The van der Waals surface area contributed by atoms with Gasteiger partial charge in [0.25, 0.3) is 0 Å². The van der Waals surface area contributed by atoms with Crippen molar-refractivity contribution in [3.63, 3.8) is 0 Å². The van der Waals surface area contributed by atoms with Crippen LogP contribution >= 0.6 is 15.9 Å². The van der Waals surface area contributed by atoms with Crippen LogP contribution in [-0.4, -0.2) is 13.1 Å². The number of allylic oxidation sites excluding steroid dienone is 1. The molecule has 154 valence electrons. The van der Waals surface area contributed by atoms with Gasteiger partial charge < -0.3 is 19.9 Å². The van der Waals surface area contributed by atoms with Crippen molar-refractivity contribution in [1.29, 1.82) is 5.26 Å². The highest BCUT2D eigenvalue weighted by atomic mass is 79.9. The Bertz CT molecular complexity index is 1210. The Morgan fingerprint density at radius 1 is 1.06 bits per heavy atom. The summed E-state index contributed by atoms with van der Waals surface area (Å²) in [5.41, 5.74) is 8.39. The molecule has 1 aliphatic heterocycles.